The molecular formula is C21H24N6. The van der Waals surface area contributed by atoms with E-state index in [0.717, 1.165) is 42.2 Å². The van der Waals surface area contributed by atoms with E-state index >= 15 is 0 Å². The van der Waals surface area contributed by atoms with Gasteiger partial charge in [0.05, 0.1) is 18.6 Å². The van der Waals surface area contributed by atoms with Gasteiger partial charge in [0.1, 0.15) is 5.82 Å². The predicted molar refractivity (Wildman–Crippen MR) is 107 cm³/mol. The average Bonchev–Trinajstić information content (AvgIpc) is 3.29. The van der Waals surface area contributed by atoms with E-state index in [4.69, 9.17) is 0 Å². The first kappa shape index (κ1) is 17.3. The van der Waals surface area contributed by atoms with Crippen molar-refractivity contribution in [1.29, 1.82) is 0 Å². The van der Waals surface area contributed by atoms with Crippen LogP contribution in [0.15, 0.2) is 49.2 Å². The quantitative estimate of drug-likeness (QED) is 0.569. The van der Waals surface area contributed by atoms with Gasteiger partial charge in [-0.05, 0) is 48.6 Å². The number of pyridine rings is 1. The van der Waals surface area contributed by atoms with Crippen molar-refractivity contribution in [2.24, 2.45) is 0 Å². The summed E-state index contributed by atoms with van der Waals surface area (Å²) in [6, 6.07) is 8.66. The highest BCUT2D eigenvalue weighted by Crippen LogP contribution is 2.22. The monoisotopic (exact) mass is 360 g/mol. The van der Waals surface area contributed by atoms with Gasteiger partial charge in [0, 0.05) is 25.1 Å². The second-order valence-corrected chi connectivity index (χ2v) is 6.84. The molecule has 0 aliphatic rings. The van der Waals surface area contributed by atoms with Gasteiger partial charge in [-0.2, -0.15) is 5.10 Å². The van der Waals surface area contributed by atoms with E-state index in [1.165, 1.54) is 16.7 Å². The first-order valence-corrected chi connectivity index (χ1v) is 9.27. The molecule has 3 heterocycles. The number of fused-ring (bicyclic) bond motifs is 1. The van der Waals surface area contributed by atoms with E-state index in [1.54, 1.807) is 6.20 Å². The molecule has 0 saturated heterocycles. The Labute approximate surface area is 158 Å². The van der Waals surface area contributed by atoms with Crippen LogP contribution >= 0.6 is 0 Å². The van der Waals surface area contributed by atoms with Crippen LogP contribution in [0.25, 0.3) is 5.65 Å². The summed E-state index contributed by atoms with van der Waals surface area (Å²) in [7, 11) is 0. The Morgan fingerprint density at radius 1 is 1.19 bits per heavy atom. The van der Waals surface area contributed by atoms with Crippen molar-refractivity contribution in [2.75, 3.05) is 5.32 Å². The largest absolute Gasteiger partial charge is 0.378 e. The molecule has 0 aliphatic carbocycles. The molecule has 1 N–H and O–H groups in total. The van der Waals surface area contributed by atoms with Crippen molar-refractivity contribution in [1.82, 2.24) is 24.1 Å². The maximum absolute atomic E-state index is 4.60. The van der Waals surface area contributed by atoms with Gasteiger partial charge in [0.15, 0.2) is 5.65 Å². The van der Waals surface area contributed by atoms with Crippen LogP contribution in [-0.4, -0.2) is 24.1 Å². The van der Waals surface area contributed by atoms with E-state index in [0.29, 0.717) is 0 Å². The van der Waals surface area contributed by atoms with Gasteiger partial charge >= 0.3 is 0 Å². The van der Waals surface area contributed by atoms with Gasteiger partial charge < -0.3 is 9.88 Å². The number of nitrogens with one attached hydrogen (secondary N) is 1. The fraction of sp³-hybridized carbons (Fsp3) is 0.286. The molecule has 6 nitrogen and oxygen atoms in total. The van der Waals surface area contributed by atoms with E-state index in [9.17, 15) is 0 Å². The number of nitrogens with zero attached hydrogens (tertiary/aromatic N) is 5. The molecule has 0 saturated carbocycles. The molecule has 27 heavy (non-hydrogen) atoms. The molecule has 3 aromatic heterocycles. The minimum atomic E-state index is 0.744. The Hall–Kier alpha value is -3.15. The van der Waals surface area contributed by atoms with Gasteiger partial charge in [-0.1, -0.05) is 25.1 Å². The molecule has 0 aliphatic heterocycles. The Bertz CT molecular complexity index is 1060. The zero-order valence-electron chi connectivity index (χ0n) is 16.0. The number of rotatable bonds is 6. The number of anilines is 1. The summed E-state index contributed by atoms with van der Waals surface area (Å²) in [6.07, 6.45) is 8.64. The summed E-state index contributed by atoms with van der Waals surface area (Å²) in [5.74, 6) is 0.767. The van der Waals surface area contributed by atoms with Gasteiger partial charge in [0.2, 0.25) is 0 Å². The molecule has 0 fully saturated rings. The average molecular weight is 360 g/mol. The smallest absolute Gasteiger partial charge is 0.178 e. The number of imidazole rings is 1. The zero-order chi connectivity index (χ0) is 18.8. The predicted octanol–water partition coefficient (Wildman–Crippen LogP) is 3.77. The summed E-state index contributed by atoms with van der Waals surface area (Å²) in [6.45, 7) is 7.80. The first-order valence-electron chi connectivity index (χ1n) is 9.27. The van der Waals surface area contributed by atoms with Crippen LogP contribution in [0.5, 0.6) is 0 Å². The summed E-state index contributed by atoms with van der Waals surface area (Å²) in [5.41, 5.74) is 7.05. The molecule has 0 atom stereocenters. The number of hydrogen-bond donors (Lipinski definition) is 1. The third-order valence-corrected chi connectivity index (χ3v) is 4.86. The van der Waals surface area contributed by atoms with Crippen LogP contribution in [0.4, 0.5) is 5.69 Å². The molecule has 4 rings (SSSR count). The number of aryl methyl sites for hydroxylation is 3. The van der Waals surface area contributed by atoms with Crippen molar-refractivity contribution in [3.8, 4) is 0 Å². The highest BCUT2D eigenvalue weighted by atomic mass is 15.3. The molecule has 0 amide bonds. The van der Waals surface area contributed by atoms with Gasteiger partial charge in [-0.25, -0.2) is 14.5 Å². The second-order valence-electron chi connectivity index (χ2n) is 6.84. The Morgan fingerprint density at radius 2 is 2.07 bits per heavy atom. The fourth-order valence-corrected chi connectivity index (χ4v) is 3.49. The molecule has 6 heteroatoms. The minimum Gasteiger partial charge on any atom is -0.378 e. The molecule has 0 bridgehead atoms. The van der Waals surface area contributed by atoms with Gasteiger partial charge in [-0.3, -0.25) is 0 Å². The maximum atomic E-state index is 4.60. The van der Waals surface area contributed by atoms with Crippen molar-refractivity contribution >= 4 is 11.3 Å². The molecule has 4 aromatic rings. The van der Waals surface area contributed by atoms with E-state index in [1.807, 2.05) is 34.7 Å². The summed E-state index contributed by atoms with van der Waals surface area (Å²) >= 11 is 0. The Kier molecular flexibility index (Phi) is 4.62. The van der Waals surface area contributed by atoms with E-state index in [-0.39, 0.29) is 0 Å². The molecule has 138 valence electrons. The van der Waals surface area contributed by atoms with Crippen LogP contribution in [-0.2, 0) is 19.5 Å². The lowest BCUT2D eigenvalue weighted by Crippen LogP contribution is -2.08. The molecule has 0 unspecified atom stereocenters. The lowest BCUT2D eigenvalue weighted by atomic mass is 10.00. The lowest BCUT2D eigenvalue weighted by molar-refractivity contribution is 0.784. The molecule has 1 aromatic carbocycles. The van der Waals surface area contributed by atoms with Crippen LogP contribution in [0.2, 0.25) is 0 Å². The standard InChI is InChI=1S/C21H24N6/c1-4-18-7-5-6-15(2)19(18)11-23-20-10-17(12-26-9-8-22-14-26)13-27-21(20)24-16(3)25-27/h5-10,13-14,23H,4,11-12H2,1-3H3. The van der Waals surface area contributed by atoms with Crippen LogP contribution in [0.1, 0.15) is 35.0 Å². The number of aromatic nitrogens is 5. The van der Waals surface area contributed by atoms with Crippen LogP contribution in [0, 0.1) is 13.8 Å². The molecular weight excluding hydrogens is 336 g/mol. The van der Waals surface area contributed by atoms with Crippen molar-refractivity contribution in [3.63, 3.8) is 0 Å². The van der Waals surface area contributed by atoms with Gasteiger partial charge in [-0.15, -0.1) is 0 Å². The minimum absolute atomic E-state index is 0.744. The topological polar surface area (TPSA) is 60.0 Å². The number of hydrogen-bond acceptors (Lipinski definition) is 4. The van der Waals surface area contributed by atoms with Crippen molar-refractivity contribution in [3.05, 3.63) is 77.3 Å². The molecule has 0 spiro atoms. The molecule has 0 radical (unpaired) electrons. The second kappa shape index (κ2) is 7.23. The normalized spacial score (nSPS) is 11.2. The third kappa shape index (κ3) is 3.56. The lowest BCUT2D eigenvalue weighted by Gasteiger charge is -2.14. The van der Waals surface area contributed by atoms with E-state index < -0.39 is 0 Å². The number of benzene rings is 1. The third-order valence-electron chi connectivity index (χ3n) is 4.86. The van der Waals surface area contributed by atoms with Crippen molar-refractivity contribution < 1.29 is 0 Å². The Balaban J connectivity index is 1.68. The highest BCUT2D eigenvalue weighted by Gasteiger charge is 2.11. The zero-order valence-corrected chi connectivity index (χ0v) is 16.0. The SMILES string of the molecule is CCc1cccc(C)c1CNc1cc(Cn2ccnc2)cn2nc(C)nc12. The highest BCUT2D eigenvalue weighted by molar-refractivity contribution is 5.68. The van der Waals surface area contributed by atoms with Crippen LogP contribution < -0.4 is 5.32 Å². The summed E-state index contributed by atoms with van der Waals surface area (Å²) in [5, 5.41) is 8.12. The fourth-order valence-electron chi connectivity index (χ4n) is 3.49. The summed E-state index contributed by atoms with van der Waals surface area (Å²) in [4.78, 5) is 8.72. The first-order chi connectivity index (χ1) is 13.1. The van der Waals surface area contributed by atoms with E-state index in [2.05, 4.69) is 58.5 Å². The summed E-state index contributed by atoms with van der Waals surface area (Å²) < 4.78 is 3.91. The maximum Gasteiger partial charge on any atom is 0.178 e. The van der Waals surface area contributed by atoms with Crippen LogP contribution in [0.3, 0.4) is 0 Å². The Morgan fingerprint density at radius 3 is 2.85 bits per heavy atom. The van der Waals surface area contributed by atoms with Crippen molar-refractivity contribution in [2.45, 2.75) is 40.3 Å². The van der Waals surface area contributed by atoms with Gasteiger partial charge in [0.25, 0.3) is 0 Å².